The molecule has 6 unspecified atom stereocenters. The second kappa shape index (κ2) is 8.04. The van der Waals surface area contributed by atoms with Crippen LogP contribution in [-0.4, -0.2) is 16.5 Å². The van der Waals surface area contributed by atoms with Crippen LogP contribution in [0.3, 0.4) is 0 Å². The lowest BCUT2D eigenvalue weighted by atomic mass is 9.68. The highest BCUT2D eigenvalue weighted by atomic mass is 31.1. The zero-order chi connectivity index (χ0) is 18.1. The molecule has 6 atom stereocenters. The Morgan fingerprint density at radius 3 is 2.68 bits per heavy atom. The standard InChI is InChI=1S/C24H43P/c1-6-8-12-25(23(5)15-19(3)13-21(7-2)17-23)24-11-9-10-22(18-24)14-20(4)16-24/h13,19-20,22H,6-12,14-18H2,1-5H3. The van der Waals surface area contributed by atoms with Gasteiger partial charge >= 0.3 is 0 Å². The molecule has 0 radical (unpaired) electrons. The van der Waals surface area contributed by atoms with Crippen molar-refractivity contribution in [2.75, 3.05) is 6.16 Å². The summed E-state index contributed by atoms with van der Waals surface area (Å²) in [6, 6.07) is 0. The molecule has 144 valence electrons. The SMILES string of the molecule is CCCCP(C1(C)CC(CC)=CC(C)C1)C12CCCC(CC(C)C1)C2. The number of hydrogen-bond donors (Lipinski definition) is 0. The van der Waals surface area contributed by atoms with Crippen molar-refractivity contribution >= 4 is 7.92 Å². The third kappa shape index (κ3) is 4.20. The summed E-state index contributed by atoms with van der Waals surface area (Å²) in [5, 5.41) is 1.36. The number of unbranched alkanes of at least 4 members (excludes halogenated alkanes) is 1. The van der Waals surface area contributed by atoms with Gasteiger partial charge in [0, 0.05) is 0 Å². The van der Waals surface area contributed by atoms with Gasteiger partial charge in [-0.25, -0.2) is 0 Å². The van der Waals surface area contributed by atoms with Gasteiger partial charge in [0.05, 0.1) is 0 Å². The highest BCUT2D eigenvalue weighted by molar-refractivity contribution is 7.61. The molecule has 25 heavy (non-hydrogen) atoms. The molecular weight excluding hydrogens is 319 g/mol. The molecule has 2 bridgehead atoms. The maximum atomic E-state index is 2.73. The zero-order valence-electron chi connectivity index (χ0n) is 17.7. The maximum absolute atomic E-state index is 2.73. The molecule has 0 heterocycles. The molecule has 2 fully saturated rings. The summed E-state index contributed by atoms with van der Waals surface area (Å²) in [6.07, 6.45) is 20.5. The molecule has 3 rings (SSSR count). The highest BCUT2D eigenvalue weighted by Crippen LogP contribution is 2.72. The minimum atomic E-state index is 0.129. The lowest BCUT2D eigenvalue weighted by molar-refractivity contribution is 0.164. The van der Waals surface area contributed by atoms with E-state index in [1.165, 1.54) is 51.4 Å². The second-order valence-electron chi connectivity index (χ2n) is 10.3. The number of allylic oxidation sites excluding steroid dienone is 2. The fourth-order valence-corrected chi connectivity index (χ4v) is 12.3. The van der Waals surface area contributed by atoms with E-state index < -0.39 is 0 Å². The first-order chi connectivity index (χ1) is 11.9. The molecule has 0 nitrogen and oxygen atoms in total. The van der Waals surface area contributed by atoms with Gasteiger partial charge in [-0.3, -0.25) is 0 Å². The Labute approximate surface area is 159 Å². The molecule has 0 amide bonds. The van der Waals surface area contributed by atoms with Gasteiger partial charge in [-0.05, 0) is 85.6 Å². The topological polar surface area (TPSA) is 0 Å². The van der Waals surface area contributed by atoms with Crippen molar-refractivity contribution in [1.82, 2.24) is 0 Å². The summed E-state index contributed by atoms with van der Waals surface area (Å²) in [5.41, 5.74) is 1.78. The van der Waals surface area contributed by atoms with Gasteiger partial charge in [0.25, 0.3) is 0 Å². The Hall–Kier alpha value is 0.170. The predicted molar refractivity (Wildman–Crippen MR) is 115 cm³/mol. The van der Waals surface area contributed by atoms with Crippen molar-refractivity contribution in [3.63, 3.8) is 0 Å². The van der Waals surface area contributed by atoms with Gasteiger partial charge in [-0.15, -0.1) is 0 Å². The van der Waals surface area contributed by atoms with E-state index in [0.29, 0.717) is 5.16 Å². The first-order valence-electron chi connectivity index (χ1n) is 11.4. The number of hydrogen-bond acceptors (Lipinski definition) is 0. The van der Waals surface area contributed by atoms with Crippen LogP contribution in [0.2, 0.25) is 0 Å². The van der Waals surface area contributed by atoms with Crippen molar-refractivity contribution in [3.05, 3.63) is 11.6 Å². The molecule has 0 aromatic rings. The Balaban J connectivity index is 1.92. The molecule has 3 aliphatic rings. The average molecular weight is 363 g/mol. The summed E-state index contributed by atoms with van der Waals surface area (Å²) in [5.74, 6) is 2.85. The molecule has 0 aliphatic heterocycles. The summed E-state index contributed by atoms with van der Waals surface area (Å²) < 4.78 is 0. The van der Waals surface area contributed by atoms with Crippen molar-refractivity contribution in [2.45, 2.75) is 116 Å². The van der Waals surface area contributed by atoms with Crippen LogP contribution in [0.4, 0.5) is 0 Å². The smallest absolute Gasteiger partial charge is 0.00751 e. The Morgan fingerprint density at radius 1 is 1.16 bits per heavy atom. The fraction of sp³-hybridized carbons (Fsp3) is 0.917. The van der Waals surface area contributed by atoms with Crippen LogP contribution in [-0.2, 0) is 0 Å². The van der Waals surface area contributed by atoms with E-state index in [0.717, 1.165) is 22.9 Å². The van der Waals surface area contributed by atoms with Crippen LogP contribution in [0.1, 0.15) is 105 Å². The third-order valence-corrected chi connectivity index (χ3v) is 11.8. The third-order valence-electron chi connectivity index (χ3n) is 7.69. The maximum Gasteiger partial charge on any atom is -0.00751 e. The minimum Gasteiger partial charge on any atom is -0.0939 e. The van der Waals surface area contributed by atoms with Crippen LogP contribution in [0.25, 0.3) is 0 Å². The normalized spacial score (nSPS) is 42.8. The molecule has 3 aliphatic carbocycles. The molecule has 2 saturated carbocycles. The first-order valence-corrected chi connectivity index (χ1v) is 12.9. The molecule has 0 aromatic carbocycles. The Kier molecular flexibility index (Phi) is 6.41. The summed E-state index contributed by atoms with van der Waals surface area (Å²) >= 11 is 0. The van der Waals surface area contributed by atoms with Crippen LogP contribution in [0, 0.1) is 17.8 Å². The molecule has 0 saturated heterocycles. The van der Waals surface area contributed by atoms with E-state index in [1.54, 1.807) is 31.0 Å². The first kappa shape index (κ1) is 19.9. The van der Waals surface area contributed by atoms with Crippen LogP contribution < -0.4 is 0 Å². The van der Waals surface area contributed by atoms with Crippen LogP contribution in [0.5, 0.6) is 0 Å². The van der Waals surface area contributed by atoms with Crippen molar-refractivity contribution in [3.8, 4) is 0 Å². The van der Waals surface area contributed by atoms with Gasteiger partial charge in [0.2, 0.25) is 0 Å². The Morgan fingerprint density at radius 2 is 1.96 bits per heavy atom. The van der Waals surface area contributed by atoms with E-state index in [-0.39, 0.29) is 7.92 Å². The fourth-order valence-electron chi connectivity index (χ4n) is 7.12. The molecule has 1 heteroatoms. The summed E-state index contributed by atoms with van der Waals surface area (Å²) in [4.78, 5) is 0. The average Bonchev–Trinajstić information content (AvgIpc) is 2.53. The lowest BCUT2D eigenvalue weighted by Crippen LogP contribution is -2.46. The van der Waals surface area contributed by atoms with Gasteiger partial charge in [0.1, 0.15) is 0 Å². The lowest BCUT2D eigenvalue weighted by Gasteiger charge is -2.58. The second-order valence-corrected chi connectivity index (χ2v) is 13.6. The quantitative estimate of drug-likeness (QED) is 0.330. The summed E-state index contributed by atoms with van der Waals surface area (Å²) in [7, 11) is 0.129. The van der Waals surface area contributed by atoms with Gasteiger partial charge in [-0.2, -0.15) is 0 Å². The van der Waals surface area contributed by atoms with Crippen molar-refractivity contribution < 1.29 is 0 Å². The van der Waals surface area contributed by atoms with E-state index in [1.807, 2.05) is 0 Å². The van der Waals surface area contributed by atoms with E-state index in [4.69, 9.17) is 0 Å². The van der Waals surface area contributed by atoms with Gasteiger partial charge in [0.15, 0.2) is 0 Å². The largest absolute Gasteiger partial charge is 0.0939 e. The minimum absolute atomic E-state index is 0.129. The Bertz CT molecular complexity index is 476. The van der Waals surface area contributed by atoms with E-state index >= 15 is 0 Å². The highest BCUT2D eigenvalue weighted by Gasteiger charge is 2.52. The van der Waals surface area contributed by atoms with E-state index in [9.17, 15) is 0 Å². The molecule has 0 N–H and O–H groups in total. The van der Waals surface area contributed by atoms with Crippen molar-refractivity contribution in [2.24, 2.45) is 17.8 Å². The monoisotopic (exact) mass is 362 g/mol. The van der Waals surface area contributed by atoms with E-state index in [2.05, 4.69) is 40.7 Å². The number of rotatable bonds is 6. The van der Waals surface area contributed by atoms with Crippen molar-refractivity contribution in [1.29, 1.82) is 0 Å². The predicted octanol–water partition coefficient (Wildman–Crippen LogP) is 8.15. The molecule has 0 spiro atoms. The van der Waals surface area contributed by atoms with Gasteiger partial charge in [-0.1, -0.05) is 73.5 Å². The molecule has 0 aromatic heterocycles. The van der Waals surface area contributed by atoms with Crippen LogP contribution in [0.15, 0.2) is 11.6 Å². The zero-order valence-corrected chi connectivity index (χ0v) is 18.6. The summed E-state index contributed by atoms with van der Waals surface area (Å²) in [6.45, 7) is 12.6. The molecular formula is C24H43P. The number of fused-ring (bicyclic) bond motifs is 2. The van der Waals surface area contributed by atoms with Gasteiger partial charge < -0.3 is 0 Å². The van der Waals surface area contributed by atoms with Crippen LogP contribution >= 0.6 is 7.92 Å².